The second-order valence-corrected chi connectivity index (χ2v) is 3.55. The highest BCUT2D eigenvalue weighted by molar-refractivity contribution is 5.72. The van der Waals surface area contributed by atoms with E-state index in [1.807, 2.05) is 0 Å². The van der Waals surface area contributed by atoms with Crippen LogP contribution in [0.15, 0.2) is 0 Å². The van der Waals surface area contributed by atoms with Crippen LogP contribution >= 0.6 is 0 Å². The van der Waals surface area contributed by atoms with E-state index in [4.69, 9.17) is 9.84 Å². The molecule has 2 fully saturated rings. The van der Waals surface area contributed by atoms with Gasteiger partial charge < -0.3 is 14.9 Å². The molecule has 0 aromatic heterocycles. The van der Waals surface area contributed by atoms with Crippen molar-refractivity contribution in [2.45, 2.75) is 25.0 Å². The summed E-state index contributed by atoms with van der Waals surface area (Å²) < 4.78 is 4.98. The standard InChI is InChI=1S/C8H12O4/c9-3-5-4-1-8(11)12-7(4)2-6(5)10/h4-7,9-10H,1-3H2/t4?,5-,6-,7?/m0/s1. The summed E-state index contributed by atoms with van der Waals surface area (Å²) in [5, 5.41) is 18.4. The SMILES string of the molecule is O=C1CC2C(C[C@H](O)[C@H]2CO)O1. The number of aliphatic hydroxyl groups excluding tert-OH is 2. The van der Waals surface area contributed by atoms with Crippen molar-refractivity contribution in [3.8, 4) is 0 Å². The fourth-order valence-corrected chi connectivity index (χ4v) is 2.23. The maximum absolute atomic E-state index is 10.8. The van der Waals surface area contributed by atoms with E-state index in [1.165, 1.54) is 0 Å². The van der Waals surface area contributed by atoms with Crippen LogP contribution in [-0.4, -0.2) is 35.0 Å². The molecule has 1 aliphatic carbocycles. The van der Waals surface area contributed by atoms with Crippen molar-refractivity contribution in [2.75, 3.05) is 6.61 Å². The first-order valence-corrected chi connectivity index (χ1v) is 4.20. The molecule has 0 bridgehead atoms. The maximum atomic E-state index is 10.8. The maximum Gasteiger partial charge on any atom is 0.306 e. The van der Waals surface area contributed by atoms with Crippen molar-refractivity contribution in [3.63, 3.8) is 0 Å². The third-order valence-electron chi connectivity index (χ3n) is 2.89. The summed E-state index contributed by atoms with van der Waals surface area (Å²) in [7, 11) is 0. The number of rotatable bonds is 1. The highest BCUT2D eigenvalue weighted by Gasteiger charge is 2.49. The van der Waals surface area contributed by atoms with Crippen LogP contribution in [0.1, 0.15) is 12.8 Å². The molecular weight excluding hydrogens is 160 g/mol. The van der Waals surface area contributed by atoms with Crippen molar-refractivity contribution < 1.29 is 19.7 Å². The second-order valence-electron chi connectivity index (χ2n) is 3.55. The lowest BCUT2D eigenvalue weighted by Crippen LogP contribution is -2.23. The molecule has 0 aromatic carbocycles. The van der Waals surface area contributed by atoms with E-state index in [2.05, 4.69) is 0 Å². The quantitative estimate of drug-likeness (QED) is 0.513. The zero-order valence-corrected chi connectivity index (χ0v) is 6.64. The number of ether oxygens (including phenoxy) is 1. The van der Waals surface area contributed by atoms with Gasteiger partial charge in [0.25, 0.3) is 0 Å². The summed E-state index contributed by atoms with van der Waals surface area (Å²) >= 11 is 0. The van der Waals surface area contributed by atoms with Crippen LogP contribution in [0, 0.1) is 11.8 Å². The van der Waals surface area contributed by atoms with Gasteiger partial charge in [0, 0.05) is 24.9 Å². The number of hydrogen-bond donors (Lipinski definition) is 2. The molecule has 4 nitrogen and oxygen atoms in total. The zero-order valence-electron chi connectivity index (χ0n) is 6.64. The molecule has 0 radical (unpaired) electrons. The summed E-state index contributed by atoms with van der Waals surface area (Å²) in [6.45, 7) is -0.0566. The second kappa shape index (κ2) is 2.71. The Bertz CT molecular complexity index is 203. The summed E-state index contributed by atoms with van der Waals surface area (Å²) in [6, 6.07) is 0. The molecule has 1 aliphatic heterocycles. The van der Waals surface area contributed by atoms with Gasteiger partial charge in [-0.1, -0.05) is 0 Å². The fourth-order valence-electron chi connectivity index (χ4n) is 2.23. The van der Waals surface area contributed by atoms with E-state index in [0.717, 1.165) is 0 Å². The first-order chi connectivity index (χ1) is 5.72. The van der Waals surface area contributed by atoms with Crippen molar-refractivity contribution >= 4 is 5.97 Å². The Kier molecular flexibility index (Phi) is 1.81. The first kappa shape index (κ1) is 8.01. The predicted molar refractivity (Wildman–Crippen MR) is 39.2 cm³/mol. The normalized spacial score (nSPS) is 46.0. The van der Waals surface area contributed by atoms with Gasteiger partial charge in [-0.05, 0) is 0 Å². The summed E-state index contributed by atoms with van der Waals surface area (Å²) in [5.74, 6) is -0.325. The minimum atomic E-state index is -0.502. The van der Waals surface area contributed by atoms with Crippen LogP contribution in [0.5, 0.6) is 0 Å². The van der Waals surface area contributed by atoms with Crippen LogP contribution in [0.4, 0.5) is 0 Å². The highest BCUT2D eigenvalue weighted by atomic mass is 16.6. The Morgan fingerprint density at radius 3 is 3.00 bits per heavy atom. The van der Waals surface area contributed by atoms with Gasteiger partial charge in [-0.3, -0.25) is 4.79 Å². The molecule has 0 aromatic rings. The summed E-state index contributed by atoms with van der Waals surface area (Å²) in [5.41, 5.74) is 0. The molecule has 1 heterocycles. The van der Waals surface area contributed by atoms with Gasteiger partial charge in [-0.15, -0.1) is 0 Å². The Morgan fingerprint density at radius 1 is 1.58 bits per heavy atom. The third kappa shape index (κ3) is 1.03. The Hall–Kier alpha value is -0.610. The minimum absolute atomic E-state index is 0.0394. The Labute approximate surface area is 70.1 Å². The largest absolute Gasteiger partial charge is 0.462 e. The predicted octanol–water partition coefficient (Wildman–Crippen LogP) is -0.709. The van der Waals surface area contributed by atoms with Crippen LogP contribution in [-0.2, 0) is 9.53 Å². The molecule has 1 saturated carbocycles. The molecule has 4 atom stereocenters. The fraction of sp³-hybridized carbons (Fsp3) is 0.875. The number of carbonyl (C=O) groups is 1. The smallest absolute Gasteiger partial charge is 0.306 e. The van der Waals surface area contributed by atoms with E-state index in [1.54, 1.807) is 0 Å². The van der Waals surface area contributed by atoms with Gasteiger partial charge >= 0.3 is 5.97 Å². The molecule has 0 amide bonds. The van der Waals surface area contributed by atoms with E-state index in [0.29, 0.717) is 12.8 Å². The average molecular weight is 172 g/mol. The molecule has 2 N–H and O–H groups in total. The van der Waals surface area contributed by atoms with Crippen molar-refractivity contribution in [1.29, 1.82) is 0 Å². The van der Waals surface area contributed by atoms with E-state index >= 15 is 0 Å². The minimum Gasteiger partial charge on any atom is -0.462 e. The van der Waals surface area contributed by atoms with Crippen LogP contribution in [0.3, 0.4) is 0 Å². The molecule has 12 heavy (non-hydrogen) atoms. The Balaban J connectivity index is 2.11. The van der Waals surface area contributed by atoms with Gasteiger partial charge in [0.15, 0.2) is 0 Å². The zero-order chi connectivity index (χ0) is 8.72. The lowest BCUT2D eigenvalue weighted by Gasteiger charge is -2.14. The third-order valence-corrected chi connectivity index (χ3v) is 2.89. The highest BCUT2D eigenvalue weighted by Crippen LogP contribution is 2.40. The van der Waals surface area contributed by atoms with Gasteiger partial charge in [0.1, 0.15) is 6.10 Å². The van der Waals surface area contributed by atoms with Crippen molar-refractivity contribution in [2.24, 2.45) is 11.8 Å². The van der Waals surface area contributed by atoms with E-state index < -0.39 is 6.10 Å². The molecule has 2 rings (SSSR count). The average Bonchev–Trinajstić information content (AvgIpc) is 2.43. The van der Waals surface area contributed by atoms with Gasteiger partial charge in [0.2, 0.25) is 0 Å². The molecular formula is C8H12O4. The topological polar surface area (TPSA) is 66.8 Å². The van der Waals surface area contributed by atoms with E-state index in [9.17, 15) is 9.90 Å². The molecule has 2 aliphatic rings. The van der Waals surface area contributed by atoms with Crippen molar-refractivity contribution in [3.05, 3.63) is 0 Å². The Morgan fingerprint density at radius 2 is 2.33 bits per heavy atom. The monoisotopic (exact) mass is 172 g/mol. The summed E-state index contributed by atoms with van der Waals surface area (Å²) in [4.78, 5) is 10.8. The van der Waals surface area contributed by atoms with Crippen LogP contribution < -0.4 is 0 Å². The molecule has 68 valence electrons. The molecule has 1 saturated heterocycles. The number of esters is 1. The number of hydrogen-bond acceptors (Lipinski definition) is 4. The van der Waals surface area contributed by atoms with Crippen LogP contribution in [0.2, 0.25) is 0 Å². The number of aliphatic hydroxyl groups is 2. The molecule has 4 heteroatoms. The lowest BCUT2D eigenvalue weighted by molar-refractivity contribution is -0.141. The number of fused-ring (bicyclic) bond motifs is 1. The lowest BCUT2D eigenvalue weighted by atomic mass is 9.93. The number of carbonyl (C=O) groups excluding carboxylic acids is 1. The van der Waals surface area contributed by atoms with E-state index in [-0.39, 0.29) is 30.5 Å². The molecule has 2 unspecified atom stereocenters. The van der Waals surface area contributed by atoms with Crippen molar-refractivity contribution in [1.82, 2.24) is 0 Å². The summed E-state index contributed by atoms with van der Waals surface area (Å²) in [6.07, 6.45) is 0.192. The molecule has 0 spiro atoms. The van der Waals surface area contributed by atoms with Gasteiger partial charge in [0.05, 0.1) is 12.5 Å². The van der Waals surface area contributed by atoms with Crippen LogP contribution in [0.25, 0.3) is 0 Å². The first-order valence-electron chi connectivity index (χ1n) is 4.20. The van der Waals surface area contributed by atoms with Gasteiger partial charge in [-0.2, -0.15) is 0 Å². The van der Waals surface area contributed by atoms with Gasteiger partial charge in [-0.25, -0.2) is 0 Å².